The molecule has 3 heteroatoms. The van der Waals surface area contributed by atoms with Gasteiger partial charge in [0.25, 0.3) is 0 Å². The van der Waals surface area contributed by atoms with Gasteiger partial charge in [0, 0.05) is 0 Å². The van der Waals surface area contributed by atoms with Gasteiger partial charge in [0.05, 0.1) is 0 Å². The Morgan fingerprint density at radius 2 is 0.273 bits per heavy atom. The van der Waals surface area contributed by atoms with Crippen LogP contribution in [0.5, 0.6) is 0 Å². The summed E-state index contributed by atoms with van der Waals surface area (Å²) in [7, 11) is 0. The predicted molar refractivity (Wildman–Crippen MR) is 54.9 cm³/mol. The second-order valence-corrected chi connectivity index (χ2v) is 0. The SMILES string of the molecule is O.[CH3-].[CH3-].[CH3-].[CH3-].[CH3-].[CH3-].[CH3-].[CH3-].[Ti+4].[Ti+4]. The third kappa shape index (κ3) is 521. The Morgan fingerprint density at radius 3 is 0.273 bits per heavy atom. The summed E-state index contributed by atoms with van der Waals surface area (Å²) in [6, 6.07) is 0. The fourth-order valence-electron chi connectivity index (χ4n) is 0. The molecule has 1 nitrogen and oxygen atoms in total. The topological polar surface area (TPSA) is 31.5 Å². The molecule has 0 aliphatic rings. The maximum Gasteiger partial charge on any atom is 4.00 e. The fraction of sp³-hybridized carbons (Fsp3) is 0. The third-order valence-electron chi connectivity index (χ3n) is 0. The van der Waals surface area contributed by atoms with E-state index >= 15 is 0 Å². The molecule has 0 atom stereocenters. The van der Waals surface area contributed by atoms with E-state index in [9.17, 15) is 0 Å². The first-order valence-corrected chi connectivity index (χ1v) is 0. The van der Waals surface area contributed by atoms with Crippen LogP contribution in [-0.4, -0.2) is 5.48 Å². The minimum absolute atomic E-state index is 0. The van der Waals surface area contributed by atoms with E-state index in [1.165, 1.54) is 0 Å². The van der Waals surface area contributed by atoms with E-state index in [2.05, 4.69) is 0 Å². The summed E-state index contributed by atoms with van der Waals surface area (Å²) in [5.41, 5.74) is 0. The van der Waals surface area contributed by atoms with Gasteiger partial charge in [-0.3, -0.25) is 0 Å². The quantitative estimate of drug-likeness (QED) is 0.456. The molecule has 0 spiro atoms. The van der Waals surface area contributed by atoms with Crippen molar-refractivity contribution in [1.29, 1.82) is 0 Å². The van der Waals surface area contributed by atoms with E-state index in [1.54, 1.807) is 0 Å². The number of hydrogen-bond acceptors (Lipinski definition) is 0. The van der Waals surface area contributed by atoms with E-state index in [-0.39, 0.29) is 108 Å². The van der Waals surface area contributed by atoms with Crippen LogP contribution in [0.25, 0.3) is 0 Å². The minimum Gasteiger partial charge on any atom is -0.412 e. The van der Waals surface area contributed by atoms with Crippen LogP contribution in [0, 0.1) is 59.4 Å². The van der Waals surface area contributed by atoms with E-state index in [0.717, 1.165) is 0 Å². The minimum atomic E-state index is 0. The molecule has 0 fully saturated rings. The van der Waals surface area contributed by atoms with E-state index < -0.39 is 0 Å². The molecule has 0 radical (unpaired) electrons. The van der Waals surface area contributed by atoms with Crippen LogP contribution in [0.15, 0.2) is 0 Å². The molecule has 72 valence electrons. The number of hydrogen-bond donors (Lipinski definition) is 0. The summed E-state index contributed by atoms with van der Waals surface area (Å²) in [4.78, 5) is 0. The van der Waals surface area contributed by atoms with Crippen LogP contribution >= 0.6 is 0 Å². The van der Waals surface area contributed by atoms with Crippen LogP contribution in [0.4, 0.5) is 0 Å². The van der Waals surface area contributed by atoms with Crippen LogP contribution in [0.2, 0.25) is 0 Å². The molecule has 2 N–H and O–H groups in total. The van der Waals surface area contributed by atoms with Gasteiger partial charge in [0.15, 0.2) is 0 Å². The first kappa shape index (κ1) is 833. The summed E-state index contributed by atoms with van der Waals surface area (Å²) < 4.78 is 0. The maximum atomic E-state index is 0. The van der Waals surface area contributed by atoms with Crippen molar-refractivity contribution in [2.24, 2.45) is 0 Å². The average molecular weight is 234 g/mol. The van der Waals surface area contributed by atoms with Crippen molar-refractivity contribution in [2.45, 2.75) is 0 Å². The average Bonchev–Trinajstić information content (AvgIpc) is 0. The molecule has 0 aromatic heterocycles. The van der Waals surface area contributed by atoms with Crippen molar-refractivity contribution in [3.8, 4) is 0 Å². The zero-order chi connectivity index (χ0) is 0. The molecular formula is C8H26OTi2. The van der Waals surface area contributed by atoms with Gasteiger partial charge >= 0.3 is 43.4 Å². The molecule has 0 bridgehead atoms. The second-order valence-electron chi connectivity index (χ2n) is 0. The van der Waals surface area contributed by atoms with Crippen LogP contribution in [-0.2, 0) is 43.4 Å². The molecule has 0 aliphatic carbocycles. The monoisotopic (exact) mass is 234 g/mol. The smallest absolute Gasteiger partial charge is 0.412 e. The molecule has 0 heterocycles. The van der Waals surface area contributed by atoms with E-state index in [4.69, 9.17) is 0 Å². The number of rotatable bonds is 0. The van der Waals surface area contributed by atoms with Crippen LogP contribution in [0.3, 0.4) is 0 Å². The Hall–Kier alpha value is 1.39. The summed E-state index contributed by atoms with van der Waals surface area (Å²) in [5.74, 6) is 0. The molecule has 0 aliphatic heterocycles. The van der Waals surface area contributed by atoms with Crippen molar-refractivity contribution in [3.63, 3.8) is 0 Å². The van der Waals surface area contributed by atoms with Gasteiger partial charge in [-0.1, -0.05) is 0 Å². The molecule has 0 aromatic rings. The molecule has 0 unspecified atom stereocenters. The summed E-state index contributed by atoms with van der Waals surface area (Å²) >= 11 is 0. The predicted octanol–water partition coefficient (Wildman–Crippen LogP) is 2.77. The zero-order valence-electron chi connectivity index (χ0n) is 9.50. The van der Waals surface area contributed by atoms with Gasteiger partial charge in [-0.15, -0.1) is 0 Å². The Kier molecular flexibility index (Phi) is 48300. The molecule has 0 saturated carbocycles. The molecular weight excluding hydrogens is 208 g/mol. The van der Waals surface area contributed by atoms with Gasteiger partial charge in [-0.2, -0.15) is 0 Å². The first-order chi connectivity index (χ1) is 0. The van der Waals surface area contributed by atoms with Gasteiger partial charge in [-0.05, 0) is 0 Å². The standard InChI is InChI=1S/8CH3.H2O.2Ti/h8*1H3;1H2;;/q8*-1;;2*+4. The Labute approximate surface area is 108 Å². The molecule has 0 amide bonds. The Balaban J connectivity index is 0. The van der Waals surface area contributed by atoms with Crippen LogP contribution in [0.1, 0.15) is 0 Å². The van der Waals surface area contributed by atoms with Crippen molar-refractivity contribution in [1.82, 2.24) is 0 Å². The zero-order valence-corrected chi connectivity index (χ0v) is 12.6. The Morgan fingerprint density at radius 1 is 0.273 bits per heavy atom. The van der Waals surface area contributed by atoms with E-state index in [0.29, 0.717) is 0 Å². The molecule has 0 rings (SSSR count). The Bertz CT molecular complexity index is 12.1. The second kappa shape index (κ2) is 637. The van der Waals surface area contributed by atoms with Crippen molar-refractivity contribution < 1.29 is 48.9 Å². The van der Waals surface area contributed by atoms with Crippen LogP contribution < -0.4 is 0 Å². The van der Waals surface area contributed by atoms with Crippen molar-refractivity contribution in [2.75, 3.05) is 0 Å². The first-order valence-electron chi connectivity index (χ1n) is 0. The molecule has 0 saturated heterocycles. The third-order valence-corrected chi connectivity index (χ3v) is 0. The molecule has 0 aromatic carbocycles. The van der Waals surface area contributed by atoms with Gasteiger partial charge in [-0.25, -0.2) is 0 Å². The summed E-state index contributed by atoms with van der Waals surface area (Å²) in [6.07, 6.45) is 0. The molecule has 11 heavy (non-hydrogen) atoms. The van der Waals surface area contributed by atoms with Crippen molar-refractivity contribution >= 4 is 0 Å². The largest absolute Gasteiger partial charge is 4.00 e. The van der Waals surface area contributed by atoms with Gasteiger partial charge < -0.3 is 64.9 Å². The van der Waals surface area contributed by atoms with Gasteiger partial charge in [0.2, 0.25) is 0 Å². The summed E-state index contributed by atoms with van der Waals surface area (Å²) in [5, 5.41) is 0. The van der Waals surface area contributed by atoms with Crippen molar-refractivity contribution in [3.05, 3.63) is 59.4 Å². The summed E-state index contributed by atoms with van der Waals surface area (Å²) in [6.45, 7) is 0. The van der Waals surface area contributed by atoms with Gasteiger partial charge in [0.1, 0.15) is 0 Å². The fourth-order valence-corrected chi connectivity index (χ4v) is 0. The van der Waals surface area contributed by atoms with E-state index in [1.807, 2.05) is 0 Å². The normalized spacial score (nSPS) is 0. The maximum absolute atomic E-state index is 0.